The summed E-state index contributed by atoms with van der Waals surface area (Å²) in [5, 5.41) is 2.86. The molecule has 164 valence electrons. The molecule has 0 fully saturated rings. The Hall–Kier alpha value is -3.30. The number of fused-ring (bicyclic) bond motifs is 8. The van der Waals surface area contributed by atoms with Crippen molar-refractivity contribution in [2.75, 3.05) is 23.0 Å². The van der Waals surface area contributed by atoms with Crippen molar-refractivity contribution in [2.45, 2.75) is 13.0 Å². The smallest absolute Gasteiger partial charge is 0.262 e. The van der Waals surface area contributed by atoms with Crippen LogP contribution in [-0.4, -0.2) is 24.1 Å². The van der Waals surface area contributed by atoms with Crippen molar-refractivity contribution >= 4 is 34.6 Å². The molecule has 0 radical (unpaired) electrons. The van der Waals surface area contributed by atoms with Gasteiger partial charge in [-0.2, -0.15) is 0 Å². The van der Waals surface area contributed by atoms with Crippen molar-refractivity contribution in [2.24, 2.45) is 0 Å². The van der Waals surface area contributed by atoms with E-state index in [4.69, 9.17) is 11.6 Å². The van der Waals surface area contributed by atoms with Crippen molar-refractivity contribution in [1.29, 1.82) is 0 Å². The third-order valence-corrected chi connectivity index (χ3v) is 5.96. The lowest BCUT2D eigenvalue weighted by Gasteiger charge is -2.39. The molecule has 0 aliphatic carbocycles. The highest BCUT2D eigenvalue weighted by molar-refractivity contribution is 6.31. The normalized spacial score (nSPS) is 15.6. The molecular formula is C22H16ClF3N4O2. The van der Waals surface area contributed by atoms with Crippen LogP contribution < -0.4 is 20.7 Å². The van der Waals surface area contributed by atoms with Gasteiger partial charge in [-0.05, 0) is 30.3 Å². The fourth-order valence-electron chi connectivity index (χ4n) is 4.13. The van der Waals surface area contributed by atoms with Gasteiger partial charge in [0.25, 0.3) is 5.91 Å². The zero-order chi connectivity index (χ0) is 22.6. The summed E-state index contributed by atoms with van der Waals surface area (Å²) in [6.45, 7) is 0.253. The van der Waals surface area contributed by atoms with Crippen LogP contribution in [0.3, 0.4) is 0 Å². The molecule has 2 aliphatic rings. The van der Waals surface area contributed by atoms with Gasteiger partial charge in [-0.25, -0.2) is 13.2 Å². The first-order chi connectivity index (χ1) is 15.3. The lowest BCUT2D eigenvalue weighted by atomic mass is 10.0. The molecule has 0 saturated carbocycles. The number of aromatic amines is 1. The molecule has 2 bridgehead atoms. The van der Waals surface area contributed by atoms with Gasteiger partial charge in [-0.1, -0.05) is 11.6 Å². The average Bonchev–Trinajstić information content (AvgIpc) is 2.79. The number of aromatic nitrogens is 1. The highest BCUT2D eigenvalue weighted by Gasteiger charge is 2.35. The van der Waals surface area contributed by atoms with Crippen LogP contribution >= 0.6 is 11.6 Å². The van der Waals surface area contributed by atoms with E-state index in [1.54, 1.807) is 4.90 Å². The highest BCUT2D eigenvalue weighted by Crippen LogP contribution is 2.40. The molecule has 2 N–H and O–H groups in total. The maximum absolute atomic E-state index is 14.8. The Kier molecular flexibility index (Phi) is 4.94. The minimum Gasteiger partial charge on any atom is -0.324 e. The summed E-state index contributed by atoms with van der Waals surface area (Å²) in [6.07, 6.45) is 0.323. The van der Waals surface area contributed by atoms with Gasteiger partial charge in [0, 0.05) is 36.8 Å². The summed E-state index contributed by atoms with van der Waals surface area (Å²) in [5.74, 6) is -3.30. The van der Waals surface area contributed by atoms with Crippen LogP contribution in [0, 0.1) is 17.5 Å². The summed E-state index contributed by atoms with van der Waals surface area (Å²) < 4.78 is 43.2. The number of pyridine rings is 1. The number of halogens is 4. The van der Waals surface area contributed by atoms with E-state index in [2.05, 4.69) is 10.3 Å². The van der Waals surface area contributed by atoms with Crippen molar-refractivity contribution < 1.29 is 18.0 Å². The van der Waals surface area contributed by atoms with Gasteiger partial charge in [-0.15, -0.1) is 0 Å². The topological polar surface area (TPSA) is 68.4 Å². The number of nitrogens with one attached hydrogen (secondary N) is 2. The Balaban J connectivity index is 1.80. The van der Waals surface area contributed by atoms with Crippen LogP contribution in [0.5, 0.6) is 0 Å². The molecule has 1 aromatic heterocycles. The zero-order valence-corrected chi connectivity index (χ0v) is 17.3. The second kappa shape index (κ2) is 7.68. The third kappa shape index (κ3) is 3.25. The molecule has 3 heterocycles. The number of anilines is 3. The van der Waals surface area contributed by atoms with Gasteiger partial charge in [0.1, 0.15) is 12.5 Å². The second-order valence-corrected chi connectivity index (χ2v) is 7.97. The van der Waals surface area contributed by atoms with E-state index in [9.17, 15) is 22.8 Å². The highest BCUT2D eigenvalue weighted by atomic mass is 35.5. The molecule has 0 atom stereocenters. The maximum atomic E-state index is 14.8. The molecule has 0 spiro atoms. The monoisotopic (exact) mass is 460 g/mol. The van der Waals surface area contributed by atoms with Gasteiger partial charge in [-0.3, -0.25) is 14.5 Å². The van der Waals surface area contributed by atoms with E-state index in [1.807, 2.05) is 0 Å². The number of hydrogen-bond acceptors (Lipinski definition) is 4. The molecule has 0 unspecified atom stereocenters. The average molecular weight is 461 g/mol. The number of amides is 1. The quantitative estimate of drug-likeness (QED) is 0.535. The van der Waals surface area contributed by atoms with Crippen molar-refractivity contribution in [3.8, 4) is 0 Å². The van der Waals surface area contributed by atoms with Crippen LogP contribution in [0.15, 0.2) is 41.2 Å². The van der Waals surface area contributed by atoms with E-state index >= 15 is 0 Å². The molecule has 0 saturated heterocycles. The van der Waals surface area contributed by atoms with Crippen LogP contribution in [0.25, 0.3) is 0 Å². The standard InChI is InChI=1S/C22H16ClF3N4O2/c23-13-8-19-11(7-15(13)25)22(32)30-10-29(19)17-2-1-14(24)21(26)12(17)9-27-6-5-16-18(30)3-4-20(31)28-16/h1-4,7-8,27H,5-6,9-10H2,(H,28,31). The Bertz CT molecular complexity index is 1330. The van der Waals surface area contributed by atoms with E-state index < -0.39 is 23.4 Å². The first kappa shape index (κ1) is 20.6. The molecule has 1 amide bonds. The SMILES string of the molecule is O=C1c2cc(F)c(Cl)cc2N2CN1c1ccc(=O)[nH]c1CCNCc1c2ccc(F)c1F. The van der Waals surface area contributed by atoms with Crippen LogP contribution in [-0.2, 0) is 13.0 Å². The fourth-order valence-corrected chi connectivity index (χ4v) is 4.29. The number of nitrogens with zero attached hydrogens (tertiary/aromatic N) is 2. The van der Waals surface area contributed by atoms with Gasteiger partial charge in [0.15, 0.2) is 11.6 Å². The number of carbonyl (C=O) groups excluding carboxylic acids is 1. The largest absolute Gasteiger partial charge is 0.324 e. The summed E-state index contributed by atoms with van der Waals surface area (Å²) in [4.78, 5) is 31.0. The minimum atomic E-state index is -1.02. The lowest BCUT2D eigenvalue weighted by molar-refractivity contribution is 0.0983. The van der Waals surface area contributed by atoms with E-state index in [0.717, 1.165) is 12.1 Å². The maximum Gasteiger partial charge on any atom is 0.262 e. The zero-order valence-electron chi connectivity index (χ0n) is 16.5. The predicted molar refractivity (Wildman–Crippen MR) is 114 cm³/mol. The van der Waals surface area contributed by atoms with Crippen LogP contribution in [0.4, 0.5) is 30.2 Å². The van der Waals surface area contributed by atoms with E-state index in [-0.39, 0.29) is 40.6 Å². The minimum absolute atomic E-state index is 0.0000320. The summed E-state index contributed by atoms with van der Waals surface area (Å²) in [5.41, 5.74) is 1.25. The molecule has 3 aromatic rings. The Morgan fingerprint density at radius 2 is 1.69 bits per heavy atom. The first-order valence-corrected chi connectivity index (χ1v) is 10.2. The summed E-state index contributed by atoms with van der Waals surface area (Å²) in [7, 11) is 0. The van der Waals surface area contributed by atoms with Crippen LogP contribution in [0.2, 0.25) is 5.02 Å². The van der Waals surface area contributed by atoms with Crippen molar-refractivity contribution in [3.63, 3.8) is 0 Å². The second-order valence-electron chi connectivity index (χ2n) is 7.56. The molecule has 5 rings (SSSR count). The van der Waals surface area contributed by atoms with Crippen molar-refractivity contribution in [3.05, 3.63) is 86.0 Å². The van der Waals surface area contributed by atoms with Gasteiger partial charge < -0.3 is 15.2 Å². The van der Waals surface area contributed by atoms with E-state index in [1.165, 1.54) is 29.2 Å². The first-order valence-electron chi connectivity index (χ1n) is 9.83. The third-order valence-electron chi connectivity index (χ3n) is 5.67. The molecule has 32 heavy (non-hydrogen) atoms. The number of hydrogen-bond donors (Lipinski definition) is 2. The molecule has 6 nitrogen and oxygen atoms in total. The van der Waals surface area contributed by atoms with Gasteiger partial charge in [0.2, 0.25) is 5.56 Å². The Morgan fingerprint density at radius 3 is 2.50 bits per heavy atom. The summed E-state index contributed by atoms with van der Waals surface area (Å²) >= 11 is 6.00. The van der Waals surface area contributed by atoms with E-state index in [0.29, 0.717) is 30.0 Å². The predicted octanol–water partition coefficient (Wildman–Crippen LogP) is 3.85. The number of rotatable bonds is 0. The molecule has 2 aromatic carbocycles. The molecular weight excluding hydrogens is 445 g/mol. The summed E-state index contributed by atoms with van der Waals surface area (Å²) in [6, 6.07) is 7.56. The fraction of sp³-hybridized carbons (Fsp3) is 0.182. The Labute approximate surface area is 185 Å². The van der Waals surface area contributed by atoms with Gasteiger partial charge >= 0.3 is 0 Å². The molecule has 2 aliphatic heterocycles. The number of benzene rings is 2. The number of H-pyrrole nitrogens is 1. The Morgan fingerprint density at radius 1 is 0.906 bits per heavy atom. The number of carbonyl (C=O) groups is 1. The van der Waals surface area contributed by atoms with Gasteiger partial charge in [0.05, 0.1) is 27.6 Å². The van der Waals surface area contributed by atoms with Crippen molar-refractivity contribution in [1.82, 2.24) is 10.3 Å². The van der Waals surface area contributed by atoms with Crippen LogP contribution in [0.1, 0.15) is 21.6 Å². The molecule has 10 heteroatoms. The lowest BCUT2D eigenvalue weighted by Crippen LogP contribution is -2.46.